The molecular formula is C27H54N2. The zero-order valence-electron chi connectivity index (χ0n) is 21.8. The second-order valence-corrected chi connectivity index (χ2v) is 14.2. The maximum Gasteiger partial charge on any atom is 0.0170 e. The molecule has 2 fully saturated rings. The zero-order valence-corrected chi connectivity index (χ0v) is 21.8. The minimum absolute atomic E-state index is 0.280. The summed E-state index contributed by atoms with van der Waals surface area (Å²) in [4.78, 5) is 5.64. The van der Waals surface area contributed by atoms with Crippen LogP contribution >= 0.6 is 0 Å². The van der Waals surface area contributed by atoms with E-state index in [0.29, 0.717) is 10.8 Å². The van der Waals surface area contributed by atoms with Gasteiger partial charge in [0.25, 0.3) is 0 Å². The van der Waals surface area contributed by atoms with E-state index in [2.05, 4.69) is 79.0 Å². The molecule has 0 saturated carbocycles. The van der Waals surface area contributed by atoms with Gasteiger partial charge in [-0.1, -0.05) is 41.5 Å². The molecule has 2 heterocycles. The fourth-order valence-electron chi connectivity index (χ4n) is 6.54. The van der Waals surface area contributed by atoms with Crippen molar-refractivity contribution in [3.63, 3.8) is 0 Å². The van der Waals surface area contributed by atoms with Crippen LogP contribution in [-0.4, -0.2) is 47.1 Å². The van der Waals surface area contributed by atoms with Gasteiger partial charge in [-0.2, -0.15) is 0 Å². The SMILES string of the molecule is CC(C)(C)CC1CCN(C(C)(C)CC(C)(C)N2CCCC(CC(C)(C)C)C2)CC1. The van der Waals surface area contributed by atoms with Crippen molar-refractivity contribution in [2.24, 2.45) is 22.7 Å². The molecule has 1 unspecified atom stereocenters. The van der Waals surface area contributed by atoms with Crippen molar-refractivity contribution in [1.82, 2.24) is 9.80 Å². The summed E-state index contributed by atoms with van der Waals surface area (Å²) in [6.45, 7) is 29.6. The van der Waals surface area contributed by atoms with Crippen LogP contribution in [0.4, 0.5) is 0 Å². The minimum atomic E-state index is 0.280. The van der Waals surface area contributed by atoms with E-state index >= 15 is 0 Å². The van der Waals surface area contributed by atoms with Crippen LogP contribution in [0.2, 0.25) is 0 Å². The van der Waals surface area contributed by atoms with E-state index in [1.807, 2.05) is 0 Å². The molecule has 0 spiro atoms. The molecule has 0 N–H and O–H groups in total. The third-order valence-electron chi connectivity index (χ3n) is 7.51. The number of nitrogens with zero attached hydrogens (tertiary/aromatic N) is 2. The molecule has 2 rings (SSSR count). The highest BCUT2D eigenvalue weighted by molar-refractivity contribution is 4.96. The average molecular weight is 407 g/mol. The van der Waals surface area contributed by atoms with Crippen molar-refractivity contribution in [2.75, 3.05) is 26.2 Å². The van der Waals surface area contributed by atoms with Crippen LogP contribution in [0.5, 0.6) is 0 Å². The largest absolute Gasteiger partial charge is 0.298 e. The molecule has 2 nitrogen and oxygen atoms in total. The number of rotatable bonds is 6. The average Bonchev–Trinajstić information content (AvgIpc) is 2.51. The van der Waals surface area contributed by atoms with Crippen LogP contribution in [0.25, 0.3) is 0 Å². The van der Waals surface area contributed by atoms with Crippen LogP contribution in [0.3, 0.4) is 0 Å². The summed E-state index contributed by atoms with van der Waals surface area (Å²) in [5.41, 5.74) is 1.49. The quantitative estimate of drug-likeness (QED) is 0.459. The van der Waals surface area contributed by atoms with Crippen LogP contribution in [0.15, 0.2) is 0 Å². The fourth-order valence-corrected chi connectivity index (χ4v) is 6.54. The lowest BCUT2D eigenvalue weighted by atomic mass is 9.77. The Morgan fingerprint density at radius 1 is 0.586 bits per heavy atom. The summed E-state index contributed by atoms with van der Waals surface area (Å²) < 4.78 is 0. The molecule has 0 aliphatic carbocycles. The van der Waals surface area contributed by atoms with Crippen molar-refractivity contribution in [3.05, 3.63) is 0 Å². The number of hydrogen-bond donors (Lipinski definition) is 0. The van der Waals surface area contributed by atoms with Crippen LogP contribution in [0.1, 0.15) is 114 Å². The maximum atomic E-state index is 2.83. The Morgan fingerprint density at radius 3 is 1.59 bits per heavy atom. The van der Waals surface area contributed by atoms with E-state index in [1.54, 1.807) is 0 Å². The normalized spacial score (nSPS) is 24.8. The van der Waals surface area contributed by atoms with Crippen molar-refractivity contribution >= 4 is 0 Å². The summed E-state index contributed by atoms with van der Waals surface area (Å²) in [6.07, 6.45) is 9.60. The Balaban J connectivity index is 1.92. The van der Waals surface area contributed by atoms with E-state index < -0.39 is 0 Å². The summed E-state index contributed by atoms with van der Waals surface area (Å²) in [6, 6.07) is 0. The summed E-state index contributed by atoms with van der Waals surface area (Å²) in [7, 11) is 0. The number of piperidine rings is 2. The van der Waals surface area contributed by atoms with Gasteiger partial charge < -0.3 is 0 Å². The molecule has 2 saturated heterocycles. The highest BCUT2D eigenvalue weighted by atomic mass is 15.2. The predicted molar refractivity (Wildman–Crippen MR) is 130 cm³/mol. The first-order valence-electron chi connectivity index (χ1n) is 12.6. The van der Waals surface area contributed by atoms with Gasteiger partial charge in [-0.15, -0.1) is 0 Å². The van der Waals surface area contributed by atoms with Crippen LogP contribution in [0, 0.1) is 22.7 Å². The third-order valence-corrected chi connectivity index (χ3v) is 7.51. The molecule has 0 aromatic carbocycles. The molecule has 0 amide bonds. The highest BCUT2D eigenvalue weighted by Gasteiger charge is 2.40. The maximum absolute atomic E-state index is 2.83. The minimum Gasteiger partial charge on any atom is -0.298 e. The van der Waals surface area contributed by atoms with E-state index in [0.717, 1.165) is 11.8 Å². The predicted octanol–water partition coefficient (Wildman–Crippen LogP) is 7.23. The lowest BCUT2D eigenvalue weighted by molar-refractivity contribution is -0.00917. The molecule has 2 aliphatic rings. The first-order chi connectivity index (χ1) is 13.1. The Kier molecular flexibility index (Phi) is 7.98. The first kappa shape index (κ1) is 25.2. The summed E-state index contributed by atoms with van der Waals surface area (Å²) in [5, 5.41) is 0. The van der Waals surface area contributed by atoms with E-state index in [4.69, 9.17) is 0 Å². The Bertz CT molecular complexity index is 498. The molecule has 1 atom stereocenters. The Morgan fingerprint density at radius 2 is 1.07 bits per heavy atom. The second-order valence-electron chi connectivity index (χ2n) is 14.2. The highest BCUT2D eigenvalue weighted by Crippen LogP contribution is 2.38. The van der Waals surface area contributed by atoms with Crippen molar-refractivity contribution in [2.45, 2.75) is 125 Å². The molecule has 0 radical (unpaired) electrons. The molecule has 172 valence electrons. The van der Waals surface area contributed by atoms with E-state index in [-0.39, 0.29) is 11.1 Å². The van der Waals surface area contributed by atoms with E-state index in [1.165, 1.54) is 71.1 Å². The van der Waals surface area contributed by atoms with Crippen molar-refractivity contribution < 1.29 is 0 Å². The molecule has 2 heteroatoms. The van der Waals surface area contributed by atoms with Crippen LogP contribution in [-0.2, 0) is 0 Å². The topological polar surface area (TPSA) is 6.48 Å². The van der Waals surface area contributed by atoms with E-state index in [9.17, 15) is 0 Å². The van der Waals surface area contributed by atoms with Crippen LogP contribution < -0.4 is 0 Å². The third kappa shape index (κ3) is 8.17. The van der Waals surface area contributed by atoms with Gasteiger partial charge in [0, 0.05) is 17.6 Å². The Hall–Kier alpha value is -0.0800. The fraction of sp³-hybridized carbons (Fsp3) is 1.00. The van der Waals surface area contributed by atoms with Gasteiger partial charge >= 0.3 is 0 Å². The van der Waals surface area contributed by atoms with Gasteiger partial charge in [-0.3, -0.25) is 9.80 Å². The van der Waals surface area contributed by atoms with Gasteiger partial charge in [0.2, 0.25) is 0 Å². The molecule has 29 heavy (non-hydrogen) atoms. The van der Waals surface area contributed by atoms with Gasteiger partial charge in [0.1, 0.15) is 0 Å². The number of hydrogen-bond acceptors (Lipinski definition) is 2. The Labute approximate surface area is 184 Å². The standard InChI is InChI=1S/C27H54N2/c1-24(2,3)18-22-13-16-28(17-14-22)26(7,8)21-27(9,10)29-15-11-12-23(20-29)19-25(4,5)6/h22-23H,11-21H2,1-10H3. The molecule has 2 aliphatic heterocycles. The summed E-state index contributed by atoms with van der Waals surface area (Å²) in [5.74, 6) is 1.80. The summed E-state index contributed by atoms with van der Waals surface area (Å²) >= 11 is 0. The molecular weight excluding hydrogens is 352 g/mol. The molecule has 0 aromatic heterocycles. The molecule has 0 bridgehead atoms. The molecule has 0 aromatic rings. The van der Waals surface area contributed by atoms with Gasteiger partial charge in [0.15, 0.2) is 0 Å². The lowest BCUT2D eigenvalue weighted by Gasteiger charge is -2.51. The number of likely N-dealkylation sites (tertiary alicyclic amines) is 2. The monoisotopic (exact) mass is 406 g/mol. The smallest absolute Gasteiger partial charge is 0.0170 e. The lowest BCUT2D eigenvalue weighted by Crippen LogP contribution is -2.57. The van der Waals surface area contributed by atoms with Gasteiger partial charge in [0.05, 0.1) is 0 Å². The van der Waals surface area contributed by atoms with Crippen molar-refractivity contribution in [3.8, 4) is 0 Å². The van der Waals surface area contributed by atoms with Gasteiger partial charge in [-0.25, -0.2) is 0 Å². The zero-order chi connectivity index (χ0) is 22.1. The first-order valence-corrected chi connectivity index (χ1v) is 12.6. The second kappa shape index (κ2) is 9.19. The van der Waals surface area contributed by atoms with Crippen molar-refractivity contribution in [1.29, 1.82) is 0 Å². The van der Waals surface area contributed by atoms with Gasteiger partial charge in [-0.05, 0) is 115 Å².